The summed E-state index contributed by atoms with van der Waals surface area (Å²) in [5, 5.41) is 0.871. The molecule has 1 aliphatic heterocycles. The maximum Gasteiger partial charge on any atom is 0.224 e. The van der Waals surface area contributed by atoms with Gasteiger partial charge in [0.25, 0.3) is 0 Å². The van der Waals surface area contributed by atoms with Crippen molar-refractivity contribution in [3.8, 4) is 5.88 Å². The highest BCUT2D eigenvalue weighted by atomic mass is 16.5. The van der Waals surface area contributed by atoms with E-state index in [2.05, 4.69) is 47.5 Å². The molecule has 0 bridgehead atoms. The number of piperidine rings is 1. The zero-order valence-corrected chi connectivity index (χ0v) is 16.7. The standard InChI is InChI=1S/C20H30N4O2/c1-14-22-13-16-17(23-14)7-8-21-18(16)26-15-11-19(2,3)24(9-10-25-6)20(4,5)12-15/h7-8,13,15H,9-12H2,1-6H3. The van der Waals surface area contributed by atoms with E-state index in [-0.39, 0.29) is 17.2 Å². The minimum absolute atomic E-state index is 0.0165. The molecule has 26 heavy (non-hydrogen) atoms. The first-order valence-electron chi connectivity index (χ1n) is 9.25. The van der Waals surface area contributed by atoms with Crippen molar-refractivity contribution in [3.05, 3.63) is 24.3 Å². The number of ether oxygens (including phenoxy) is 2. The molecule has 142 valence electrons. The van der Waals surface area contributed by atoms with Gasteiger partial charge in [0, 0.05) is 50.0 Å². The summed E-state index contributed by atoms with van der Waals surface area (Å²) in [6.07, 6.45) is 5.53. The number of methoxy groups -OCH3 is 1. The van der Waals surface area contributed by atoms with Gasteiger partial charge < -0.3 is 9.47 Å². The summed E-state index contributed by atoms with van der Waals surface area (Å²) in [4.78, 5) is 15.8. The monoisotopic (exact) mass is 358 g/mol. The van der Waals surface area contributed by atoms with Gasteiger partial charge >= 0.3 is 0 Å². The topological polar surface area (TPSA) is 60.4 Å². The Balaban J connectivity index is 1.84. The van der Waals surface area contributed by atoms with Gasteiger partial charge in [0.05, 0.1) is 17.5 Å². The molecule has 1 fully saturated rings. The van der Waals surface area contributed by atoms with E-state index >= 15 is 0 Å². The molecule has 0 aromatic carbocycles. The molecule has 3 rings (SSSR count). The van der Waals surface area contributed by atoms with Crippen LogP contribution in [0, 0.1) is 6.92 Å². The van der Waals surface area contributed by atoms with Gasteiger partial charge in [-0.2, -0.15) is 0 Å². The number of hydrogen-bond acceptors (Lipinski definition) is 6. The number of pyridine rings is 1. The Morgan fingerprint density at radius 1 is 1.15 bits per heavy atom. The van der Waals surface area contributed by atoms with Crippen LogP contribution in [0.2, 0.25) is 0 Å². The highest BCUT2D eigenvalue weighted by Crippen LogP contribution is 2.40. The summed E-state index contributed by atoms with van der Waals surface area (Å²) in [5.74, 6) is 1.38. The van der Waals surface area contributed by atoms with Gasteiger partial charge in [0.2, 0.25) is 5.88 Å². The molecule has 6 heteroatoms. The third-order valence-corrected chi connectivity index (χ3v) is 5.31. The third-order valence-electron chi connectivity index (χ3n) is 5.31. The lowest BCUT2D eigenvalue weighted by molar-refractivity contribution is -0.0815. The molecule has 2 aromatic rings. The maximum absolute atomic E-state index is 6.38. The van der Waals surface area contributed by atoms with Crippen LogP contribution in [0.3, 0.4) is 0 Å². The van der Waals surface area contributed by atoms with Gasteiger partial charge in [-0.05, 0) is 40.7 Å². The van der Waals surface area contributed by atoms with Crippen molar-refractivity contribution in [2.24, 2.45) is 0 Å². The Kier molecular flexibility index (Phi) is 5.17. The lowest BCUT2D eigenvalue weighted by atomic mass is 9.78. The highest BCUT2D eigenvalue weighted by molar-refractivity contribution is 5.82. The molecular formula is C20H30N4O2. The Morgan fingerprint density at radius 2 is 1.85 bits per heavy atom. The Labute approximate surface area is 155 Å². The molecule has 0 spiro atoms. The first-order chi connectivity index (χ1) is 12.2. The number of hydrogen-bond donors (Lipinski definition) is 0. The van der Waals surface area contributed by atoms with Crippen molar-refractivity contribution in [1.82, 2.24) is 19.9 Å². The normalized spacial score (nSPS) is 20.4. The quantitative estimate of drug-likeness (QED) is 0.817. The number of likely N-dealkylation sites (tertiary alicyclic amines) is 1. The second-order valence-corrected chi connectivity index (χ2v) is 8.38. The van der Waals surface area contributed by atoms with Crippen LogP contribution < -0.4 is 4.74 Å². The molecule has 6 nitrogen and oxygen atoms in total. The lowest BCUT2D eigenvalue weighted by Crippen LogP contribution is -2.63. The zero-order valence-electron chi connectivity index (χ0n) is 16.7. The molecule has 3 heterocycles. The minimum Gasteiger partial charge on any atom is -0.474 e. The van der Waals surface area contributed by atoms with E-state index in [1.807, 2.05) is 19.2 Å². The molecule has 0 radical (unpaired) electrons. The molecule has 1 aliphatic rings. The van der Waals surface area contributed by atoms with E-state index in [1.165, 1.54) is 0 Å². The van der Waals surface area contributed by atoms with Gasteiger partial charge in [-0.15, -0.1) is 0 Å². The van der Waals surface area contributed by atoms with Crippen molar-refractivity contribution >= 4 is 10.9 Å². The molecule has 2 aromatic heterocycles. The fourth-order valence-corrected chi connectivity index (χ4v) is 4.37. The van der Waals surface area contributed by atoms with Crippen LogP contribution >= 0.6 is 0 Å². The van der Waals surface area contributed by atoms with Crippen molar-refractivity contribution < 1.29 is 9.47 Å². The first kappa shape index (κ1) is 19.0. The summed E-state index contributed by atoms with van der Waals surface area (Å²) in [6.45, 7) is 12.7. The van der Waals surface area contributed by atoms with E-state index < -0.39 is 0 Å². The smallest absolute Gasteiger partial charge is 0.224 e. The second-order valence-electron chi connectivity index (χ2n) is 8.38. The van der Waals surface area contributed by atoms with Gasteiger partial charge in [-0.3, -0.25) is 4.90 Å². The Bertz CT molecular complexity index is 757. The van der Waals surface area contributed by atoms with Gasteiger partial charge in [0.1, 0.15) is 11.9 Å². The highest BCUT2D eigenvalue weighted by Gasteiger charge is 2.46. The van der Waals surface area contributed by atoms with Crippen LogP contribution in [0.25, 0.3) is 10.9 Å². The Hall–Kier alpha value is -1.79. The summed E-state index contributed by atoms with van der Waals surface area (Å²) in [5.41, 5.74) is 0.907. The molecule has 0 amide bonds. The third kappa shape index (κ3) is 3.81. The molecule has 0 unspecified atom stereocenters. The number of rotatable bonds is 5. The molecule has 0 saturated carbocycles. The van der Waals surface area contributed by atoms with Crippen molar-refractivity contribution in [2.75, 3.05) is 20.3 Å². The van der Waals surface area contributed by atoms with E-state index in [0.29, 0.717) is 5.88 Å². The fourth-order valence-electron chi connectivity index (χ4n) is 4.37. The number of nitrogens with zero attached hydrogens (tertiary/aromatic N) is 4. The molecule has 1 saturated heterocycles. The SMILES string of the molecule is COCCN1C(C)(C)CC(Oc2nccc3nc(C)ncc23)CC1(C)C. The van der Waals surface area contributed by atoms with Crippen molar-refractivity contribution in [2.45, 2.75) is 64.6 Å². The van der Waals surface area contributed by atoms with E-state index in [9.17, 15) is 0 Å². The maximum atomic E-state index is 6.38. The van der Waals surface area contributed by atoms with E-state index in [4.69, 9.17) is 9.47 Å². The number of aromatic nitrogens is 3. The van der Waals surface area contributed by atoms with Crippen LogP contribution in [0.15, 0.2) is 18.5 Å². The number of aryl methyl sites for hydroxylation is 1. The van der Waals surface area contributed by atoms with Crippen molar-refractivity contribution in [3.63, 3.8) is 0 Å². The molecule has 0 atom stereocenters. The number of fused-ring (bicyclic) bond motifs is 1. The van der Waals surface area contributed by atoms with Crippen molar-refractivity contribution in [1.29, 1.82) is 0 Å². The summed E-state index contributed by atoms with van der Waals surface area (Å²) < 4.78 is 11.7. The summed E-state index contributed by atoms with van der Waals surface area (Å²) in [7, 11) is 1.76. The fraction of sp³-hybridized carbons (Fsp3) is 0.650. The van der Waals surface area contributed by atoms with Crippen LogP contribution in [0.5, 0.6) is 5.88 Å². The first-order valence-corrected chi connectivity index (χ1v) is 9.25. The average molecular weight is 358 g/mol. The second kappa shape index (κ2) is 7.08. The van der Waals surface area contributed by atoms with Gasteiger partial charge in [-0.25, -0.2) is 15.0 Å². The van der Waals surface area contributed by atoms with Gasteiger partial charge in [-0.1, -0.05) is 0 Å². The molecule has 0 aliphatic carbocycles. The predicted octanol–water partition coefficient (Wildman–Crippen LogP) is 3.38. The largest absolute Gasteiger partial charge is 0.474 e. The minimum atomic E-state index is 0.0165. The van der Waals surface area contributed by atoms with Crippen LogP contribution in [0.4, 0.5) is 0 Å². The van der Waals surface area contributed by atoms with Crippen LogP contribution in [-0.2, 0) is 4.74 Å². The molecule has 0 N–H and O–H groups in total. The lowest BCUT2D eigenvalue weighted by Gasteiger charge is -2.55. The molecular weight excluding hydrogens is 328 g/mol. The predicted molar refractivity (Wildman–Crippen MR) is 102 cm³/mol. The summed E-state index contributed by atoms with van der Waals surface area (Å²) >= 11 is 0. The van der Waals surface area contributed by atoms with Gasteiger partial charge in [0.15, 0.2) is 0 Å². The van der Waals surface area contributed by atoms with Crippen LogP contribution in [-0.4, -0.2) is 57.3 Å². The van der Waals surface area contributed by atoms with E-state index in [0.717, 1.165) is 42.7 Å². The summed E-state index contributed by atoms with van der Waals surface area (Å²) in [6, 6.07) is 1.90. The van der Waals surface area contributed by atoms with Crippen LogP contribution in [0.1, 0.15) is 46.4 Å². The zero-order chi connectivity index (χ0) is 18.9. The van der Waals surface area contributed by atoms with E-state index in [1.54, 1.807) is 13.3 Å². The average Bonchev–Trinajstić information content (AvgIpc) is 2.52. The Morgan fingerprint density at radius 3 is 2.50 bits per heavy atom.